The van der Waals surface area contributed by atoms with Crippen LogP contribution in [0, 0.1) is 5.92 Å². The van der Waals surface area contributed by atoms with E-state index in [1.165, 1.54) is 5.57 Å². The zero-order valence-electron chi connectivity index (χ0n) is 14.4. The van der Waals surface area contributed by atoms with Crippen LogP contribution >= 0.6 is 0 Å². The Bertz CT molecular complexity index is 497. The summed E-state index contributed by atoms with van der Waals surface area (Å²) in [5.74, 6) is 1.10. The van der Waals surface area contributed by atoms with Crippen LogP contribution in [0.2, 0.25) is 0 Å². The fourth-order valence-electron chi connectivity index (χ4n) is 3.40. The molecule has 1 aliphatic heterocycles. The van der Waals surface area contributed by atoms with Gasteiger partial charge in [-0.15, -0.1) is 0 Å². The summed E-state index contributed by atoms with van der Waals surface area (Å²) < 4.78 is 5.58. The van der Waals surface area contributed by atoms with Crippen LogP contribution in [0.15, 0.2) is 16.6 Å². The average Bonchev–Trinajstić information content (AvgIpc) is 2.23. The third kappa shape index (κ3) is 3.30. The predicted molar refractivity (Wildman–Crippen MR) is 85.5 cm³/mol. The van der Waals surface area contributed by atoms with Crippen molar-refractivity contribution >= 4 is 11.9 Å². The van der Waals surface area contributed by atoms with Crippen LogP contribution in [0.4, 0.5) is 4.79 Å². The van der Waals surface area contributed by atoms with Gasteiger partial charge in [-0.1, -0.05) is 11.6 Å². The van der Waals surface area contributed by atoms with E-state index in [2.05, 4.69) is 26.8 Å². The summed E-state index contributed by atoms with van der Waals surface area (Å²) in [6, 6.07) is 0.0566. The number of aliphatic imine (C=N–C) groups is 1. The van der Waals surface area contributed by atoms with Crippen molar-refractivity contribution in [2.45, 2.75) is 78.5 Å². The summed E-state index contributed by atoms with van der Waals surface area (Å²) >= 11 is 0. The lowest BCUT2D eigenvalue weighted by molar-refractivity contribution is 0.0232. The third-order valence-corrected chi connectivity index (χ3v) is 4.31. The minimum Gasteiger partial charge on any atom is -0.443 e. The highest BCUT2D eigenvalue weighted by atomic mass is 16.6. The maximum atomic E-state index is 12.6. The van der Waals surface area contributed by atoms with Gasteiger partial charge in [0.1, 0.15) is 11.4 Å². The second-order valence-corrected chi connectivity index (χ2v) is 7.81. The van der Waals surface area contributed by atoms with Crippen LogP contribution in [-0.4, -0.2) is 34.0 Å². The van der Waals surface area contributed by atoms with Gasteiger partial charge in [0, 0.05) is 5.92 Å². The van der Waals surface area contributed by atoms with Crippen molar-refractivity contribution in [2.24, 2.45) is 10.9 Å². The molecule has 0 N–H and O–H groups in total. The van der Waals surface area contributed by atoms with E-state index in [0.29, 0.717) is 5.92 Å². The highest BCUT2D eigenvalue weighted by molar-refractivity contribution is 5.95. The number of amidine groups is 1. The number of fused-ring (bicyclic) bond motifs is 1. The number of carbonyl (C=O) groups excluding carboxylic acids is 1. The first kappa shape index (κ1) is 16.1. The lowest BCUT2D eigenvalue weighted by Gasteiger charge is -2.48. The van der Waals surface area contributed by atoms with E-state index in [0.717, 1.165) is 18.7 Å². The summed E-state index contributed by atoms with van der Waals surface area (Å²) in [4.78, 5) is 19.1. The molecule has 118 valence electrons. The quantitative estimate of drug-likeness (QED) is 0.629. The van der Waals surface area contributed by atoms with E-state index in [9.17, 15) is 4.79 Å². The zero-order chi connectivity index (χ0) is 16.0. The Balaban J connectivity index is 2.39. The van der Waals surface area contributed by atoms with Gasteiger partial charge in [0.05, 0.1) is 11.6 Å². The summed E-state index contributed by atoms with van der Waals surface area (Å²) in [5, 5.41) is 0. The van der Waals surface area contributed by atoms with Crippen molar-refractivity contribution in [3.8, 4) is 0 Å². The second-order valence-electron chi connectivity index (χ2n) is 7.81. The first-order valence-corrected chi connectivity index (χ1v) is 7.77. The van der Waals surface area contributed by atoms with Crippen LogP contribution in [0.3, 0.4) is 0 Å². The molecule has 0 fully saturated rings. The largest absolute Gasteiger partial charge is 0.443 e. The maximum Gasteiger partial charge on any atom is 0.416 e. The van der Waals surface area contributed by atoms with Gasteiger partial charge in [-0.2, -0.15) is 0 Å². The van der Waals surface area contributed by atoms with Crippen molar-refractivity contribution in [3.05, 3.63) is 11.6 Å². The molecule has 1 amide bonds. The molecule has 0 unspecified atom stereocenters. The third-order valence-electron chi connectivity index (χ3n) is 4.31. The highest BCUT2D eigenvalue weighted by Crippen LogP contribution is 2.40. The molecule has 4 nitrogen and oxygen atoms in total. The number of nitrogens with zero attached hydrogens (tertiary/aromatic N) is 2. The number of hydrogen-bond acceptors (Lipinski definition) is 3. The Hall–Kier alpha value is -1.32. The molecule has 0 aromatic carbocycles. The van der Waals surface area contributed by atoms with Crippen LogP contribution in [0.1, 0.15) is 61.3 Å². The van der Waals surface area contributed by atoms with E-state index in [1.807, 2.05) is 27.7 Å². The van der Waals surface area contributed by atoms with Gasteiger partial charge in [0.15, 0.2) is 0 Å². The first-order valence-electron chi connectivity index (χ1n) is 7.77. The van der Waals surface area contributed by atoms with Gasteiger partial charge in [0.25, 0.3) is 0 Å². The normalized spacial score (nSPS) is 28.4. The molecule has 2 rings (SSSR count). The molecule has 2 aliphatic rings. The van der Waals surface area contributed by atoms with E-state index in [1.54, 1.807) is 4.90 Å². The minimum absolute atomic E-state index is 0.0566. The molecule has 0 aromatic rings. The smallest absolute Gasteiger partial charge is 0.416 e. The van der Waals surface area contributed by atoms with Crippen molar-refractivity contribution < 1.29 is 9.53 Å². The van der Waals surface area contributed by atoms with Crippen molar-refractivity contribution in [1.29, 1.82) is 0 Å². The van der Waals surface area contributed by atoms with Gasteiger partial charge in [-0.3, -0.25) is 9.89 Å². The maximum absolute atomic E-state index is 12.6. The van der Waals surface area contributed by atoms with Crippen molar-refractivity contribution in [2.75, 3.05) is 0 Å². The van der Waals surface area contributed by atoms with Gasteiger partial charge >= 0.3 is 6.09 Å². The molecule has 0 saturated carbocycles. The highest BCUT2D eigenvalue weighted by Gasteiger charge is 2.46. The Labute approximate surface area is 128 Å². The van der Waals surface area contributed by atoms with Crippen LogP contribution in [0.25, 0.3) is 0 Å². The Kier molecular flexibility index (Phi) is 3.94. The molecule has 1 heterocycles. The molecule has 4 heteroatoms. The summed E-state index contributed by atoms with van der Waals surface area (Å²) in [6.07, 6.45) is 4.08. The fraction of sp³-hybridized carbons (Fsp3) is 0.765. The Morgan fingerprint density at radius 1 is 1.38 bits per heavy atom. The molecular weight excluding hydrogens is 264 g/mol. The number of ether oxygens (including phenoxy) is 1. The van der Waals surface area contributed by atoms with Crippen molar-refractivity contribution in [3.63, 3.8) is 0 Å². The SMILES string of the molecule is CC1=C[C@H]2[C@@H](CC1)C(C)(C)N=C(C)N2C(=O)OC(C)(C)C. The number of allylic oxidation sites excluding steroid dienone is 1. The standard InChI is InChI=1S/C17H28N2O2/c1-11-8-9-13-14(10-11)19(12(2)18-17(13,6)7)15(20)21-16(3,4)5/h10,13-14H,8-9H2,1-7H3/t13-,14+/m1/s1. The first-order chi connectivity index (χ1) is 9.51. The average molecular weight is 292 g/mol. The molecule has 0 radical (unpaired) electrons. The van der Waals surface area contributed by atoms with Gasteiger partial charge in [-0.05, 0) is 61.3 Å². The van der Waals surface area contributed by atoms with E-state index in [4.69, 9.17) is 9.73 Å². The second kappa shape index (κ2) is 5.15. The number of amides is 1. The van der Waals surface area contributed by atoms with E-state index in [-0.39, 0.29) is 17.7 Å². The molecule has 1 aliphatic carbocycles. The lowest BCUT2D eigenvalue weighted by Crippen LogP contribution is -2.57. The molecular formula is C17H28N2O2. The molecule has 0 bridgehead atoms. The fourth-order valence-corrected chi connectivity index (χ4v) is 3.40. The molecule has 21 heavy (non-hydrogen) atoms. The molecule has 0 aromatic heterocycles. The Morgan fingerprint density at radius 2 is 2.00 bits per heavy atom. The van der Waals surface area contributed by atoms with Crippen molar-refractivity contribution in [1.82, 2.24) is 4.90 Å². The van der Waals surface area contributed by atoms with Crippen LogP contribution in [-0.2, 0) is 4.74 Å². The molecule has 0 spiro atoms. The lowest BCUT2D eigenvalue weighted by atomic mass is 9.73. The number of carbonyl (C=O) groups is 1. The summed E-state index contributed by atoms with van der Waals surface area (Å²) in [7, 11) is 0. The summed E-state index contributed by atoms with van der Waals surface area (Å²) in [6.45, 7) is 14.0. The topological polar surface area (TPSA) is 41.9 Å². The molecule has 0 saturated heterocycles. The number of hydrogen-bond donors (Lipinski definition) is 0. The monoisotopic (exact) mass is 292 g/mol. The van der Waals surface area contributed by atoms with Crippen LogP contribution < -0.4 is 0 Å². The minimum atomic E-state index is -0.493. The van der Waals surface area contributed by atoms with Gasteiger partial charge in [0.2, 0.25) is 0 Å². The zero-order valence-corrected chi connectivity index (χ0v) is 14.4. The Morgan fingerprint density at radius 3 is 2.57 bits per heavy atom. The molecule has 2 atom stereocenters. The predicted octanol–water partition coefficient (Wildman–Crippen LogP) is 4.16. The van der Waals surface area contributed by atoms with Gasteiger partial charge < -0.3 is 4.74 Å². The van der Waals surface area contributed by atoms with E-state index >= 15 is 0 Å². The van der Waals surface area contributed by atoms with Gasteiger partial charge in [-0.25, -0.2) is 4.79 Å². The van der Waals surface area contributed by atoms with E-state index < -0.39 is 5.60 Å². The number of rotatable bonds is 0. The summed E-state index contributed by atoms with van der Waals surface area (Å²) in [5.41, 5.74) is 0.716. The van der Waals surface area contributed by atoms with Crippen LogP contribution in [0.5, 0.6) is 0 Å².